The van der Waals surface area contributed by atoms with Crippen molar-refractivity contribution in [3.63, 3.8) is 0 Å². The Hall–Kier alpha value is -2.76. The van der Waals surface area contributed by atoms with E-state index >= 15 is 0 Å². The smallest absolute Gasteiger partial charge is 0.238 e. The molecule has 1 atom stereocenters. The molecule has 1 unspecified atom stereocenters. The molecule has 5 rings (SSSR count). The molecule has 0 saturated carbocycles. The predicted octanol–water partition coefficient (Wildman–Crippen LogP) is 3.46. The highest BCUT2D eigenvalue weighted by molar-refractivity contribution is 6.05. The predicted molar refractivity (Wildman–Crippen MR) is 116 cm³/mol. The van der Waals surface area contributed by atoms with Crippen molar-refractivity contribution in [3.8, 4) is 0 Å². The lowest BCUT2D eigenvalue weighted by Crippen LogP contribution is -2.45. The molecule has 0 radical (unpaired) electrons. The summed E-state index contributed by atoms with van der Waals surface area (Å²) in [6.45, 7) is 8.90. The molecule has 1 aromatic heterocycles. The van der Waals surface area contributed by atoms with Crippen molar-refractivity contribution in [2.24, 2.45) is 0 Å². The zero-order chi connectivity index (χ0) is 19.8. The van der Waals surface area contributed by atoms with Crippen LogP contribution < -0.4 is 5.32 Å². The van der Waals surface area contributed by atoms with Crippen molar-refractivity contribution in [2.75, 3.05) is 38.0 Å². The van der Waals surface area contributed by atoms with E-state index in [0.29, 0.717) is 0 Å². The zero-order valence-electron chi connectivity index (χ0n) is 16.8. The van der Waals surface area contributed by atoms with Gasteiger partial charge in [0.15, 0.2) is 0 Å². The summed E-state index contributed by atoms with van der Waals surface area (Å²) in [7, 11) is 0. The molecule has 0 aliphatic carbocycles. The van der Waals surface area contributed by atoms with Gasteiger partial charge in [-0.15, -0.1) is 0 Å². The number of rotatable bonds is 4. The number of nitrogens with one attached hydrogen (secondary N) is 1. The summed E-state index contributed by atoms with van der Waals surface area (Å²) in [5.41, 5.74) is 4.97. The number of nitrogens with zero attached hydrogens (tertiary/aromatic N) is 3. The van der Waals surface area contributed by atoms with Gasteiger partial charge in [0.05, 0.1) is 11.2 Å². The van der Waals surface area contributed by atoms with Crippen LogP contribution in [0.4, 0.5) is 5.69 Å². The van der Waals surface area contributed by atoms with Gasteiger partial charge in [-0.3, -0.25) is 14.7 Å². The Kier molecular flexibility index (Phi) is 4.78. The number of likely N-dealkylation sites (N-methyl/N-ethyl adjacent to an activating group) is 1. The van der Waals surface area contributed by atoms with Gasteiger partial charge in [-0.25, -0.2) is 0 Å². The maximum Gasteiger partial charge on any atom is 0.238 e. The highest BCUT2D eigenvalue weighted by Gasteiger charge is 2.32. The minimum atomic E-state index is -0.329. The van der Waals surface area contributed by atoms with Crippen LogP contribution in [0, 0.1) is 0 Å². The number of pyridine rings is 1. The van der Waals surface area contributed by atoms with Crippen LogP contribution in [0.15, 0.2) is 54.6 Å². The van der Waals surface area contributed by atoms with E-state index in [0.717, 1.165) is 67.1 Å². The molecule has 1 fully saturated rings. The van der Waals surface area contributed by atoms with Gasteiger partial charge in [0.1, 0.15) is 5.92 Å². The first kappa shape index (κ1) is 18.3. The fourth-order valence-electron chi connectivity index (χ4n) is 4.47. The van der Waals surface area contributed by atoms with E-state index in [1.54, 1.807) is 0 Å². The third-order valence-corrected chi connectivity index (χ3v) is 6.18. The Bertz CT molecular complexity index is 1060. The van der Waals surface area contributed by atoms with E-state index in [4.69, 9.17) is 4.98 Å². The van der Waals surface area contributed by atoms with E-state index in [1.165, 1.54) is 5.56 Å². The molecule has 1 saturated heterocycles. The Morgan fingerprint density at radius 1 is 1.00 bits per heavy atom. The summed E-state index contributed by atoms with van der Waals surface area (Å²) in [5.74, 6) is -0.328. The second-order valence-electron chi connectivity index (χ2n) is 7.98. The molecule has 2 aromatic carbocycles. The first-order valence-electron chi connectivity index (χ1n) is 10.5. The van der Waals surface area contributed by atoms with E-state index in [9.17, 15) is 4.79 Å². The Balaban J connectivity index is 1.37. The standard InChI is InChI=1S/C24H26N4O/c1-2-27-11-13-28(14-12-27)16-17-7-9-20-18(15-17)8-10-22(25-20)23-19-5-3-4-6-21(19)26-24(23)29/h3-10,15,23H,2,11-14,16H2,1H3,(H,26,29). The summed E-state index contributed by atoms with van der Waals surface area (Å²) in [6.07, 6.45) is 0. The average Bonchev–Trinajstić information content (AvgIpc) is 3.09. The number of fused-ring (bicyclic) bond motifs is 2. The van der Waals surface area contributed by atoms with Crippen LogP contribution in [0.25, 0.3) is 10.9 Å². The third-order valence-electron chi connectivity index (χ3n) is 6.18. The maximum absolute atomic E-state index is 12.5. The Morgan fingerprint density at radius 2 is 1.79 bits per heavy atom. The van der Waals surface area contributed by atoms with Crippen LogP contribution >= 0.6 is 0 Å². The first-order valence-corrected chi connectivity index (χ1v) is 10.5. The van der Waals surface area contributed by atoms with E-state index < -0.39 is 0 Å². The second kappa shape index (κ2) is 7.58. The summed E-state index contributed by atoms with van der Waals surface area (Å²) < 4.78 is 0. The average molecular weight is 386 g/mol. The van der Waals surface area contributed by atoms with Crippen molar-refractivity contribution >= 4 is 22.5 Å². The van der Waals surface area contributed by atoms with Gasteiger partial charge >= 0.3 is 0 Å². The lowest BCUT2D eigenvalue weighted by atomic mass is 9.96. The number of hydrogen-bond acceptors (Lipinski definition) is 4. The van der Waals surface area contributed by atoms with Crippen LogP contribution in [0.3, 0.4) is 0 Å². The molecule has 3 aromatic rings. The summed E-state index contributed by atoms with van der Waals surface area (Å²) >= 11 is 0. The molecule has 1 N–H and O–H groups in total. The zero-order valence-corrected chi connectivity index (χ0v) is 16.8. The highest BCUT2D eigenvalue weighted by Crippen LogP contribution is 2.36. The number of carbonyl (C=O) groups excluding carboxylic acids is 1. The Labute approximate surface area is 171 Å². The molecule has 1 amide bonds. The quantitative estimate of drug-likeness (QED) is 0.746. The van der Waals surface area contributed by atoms with E-state index in [2.05, 4.69) is 46.3 Å². The number of carbonyl (C=O) groups is 1. The van der Waals surface area contributed by atoms with Crippen LogP contribution in [-0.2, 0) is 11.3 Å². The number of piperazine rings is 1. The van der Waals surface area contributed by atoms with Gasteiger partial charge < -0.3 is 10.2 Å². The minimum Gasteiger partial charge on any atom is -0.325 e. The van der Waals surface area contributed by atoms with Crippen LogP contribution in [-0.4, -0.2) is 53.4 Å². The lowest BCUT2D eigenvalue weighted by molar-refractivity contribution is -0.116. The lowest BCUT2D eigenvalue weighted by Gasteiger charge is -2.34. The van der Waals surface area contributed by atoms with Crippen molar-refractivity contribution < 1.29 is 4.79 Å². The van der Waals surface area contributed by atoms with Gasteiger partial charge in [0.2, 0.25) is 5.91 Å². The van der Waals surface area contributed by atoms with E-state index in [1.807, 2.05) is 30.3 Å². The number of aromatic nitrogens is 1. The maximum atomic E-state index is 12.5. The number of para-hydroxylation sites is 1. The largest absolute Gasteiger partial charge is 0.325 e. The van der Waals surface area contributed by atoms with Crippen molar-refractivity contribution in [2.45, 2.75) is 19.4 Å². The van der Waals surface area contributed by atoms with Gasteiger partial charge in [0.25, 0.3) is 0 Å². The third kappa shape index (κ3) is 3.52. The van der Waals surface area contributed by atoms with E-state index in [-0.39, 0.29) is 11.8 Å². The van der Waals surface area contributed by atoms with Crippen molar-refractivity contribution in [1.82, 2.24) is 14.8 Å². The molecule has 148 valence electrons. The van der Waals surface area contributed by atoms with Gasteiger partial charge in [-0.05, 0) is 41.9 Å². The van der Waals surface area contributed by atoms with Gasteiger partial charge in [0, 0.05) is 43.8 Å². The monoisotopic (exact) mass is 386 g/mol. The number of amides is 1. The molecule has 3 heterocycles. The van der Waals surface area contributed by atoms with Crippen LogP contribution in [0.2, 0.25) is 0 Å². The molecular weight excluding hydrogens is 360 g/mol. The molecule has 29 heavy (non-hydrogen) atoms. The highest BCUT2D eigenvalue weighted by atomic mass is 16.2. The van der Waals surface area contributed by atoms with Gasteiger partial charge in [-0.1, -0.05) is 37.3 Å². The van der Waals surface area contributed by atoms with Gasteiger partial charge in [-0.2, -0.15) is 0 Å². The summed E-state index contributed by atoms with van der Waals surface area (Å²) in [4.78, 5) is 22.4. The second-order valence-corrected chi connectivity index (χ2v) is 7.98. The molecule has 2 aliphatic heterocycles. The number of hydrogen-bond donors (Lipinski definition) is 1. The normalized spacial score (nSPS) is 20.0. The van der Waals surface area contributed by atoms with Crippen molar-refractivity contribution in [1.29, 1.82) is 0 Å². The van der Waals surface area contributed by atoms with Crippen LogP contribution in [0.1, 0.15) is 29.7 Å². The fraction of sp³-hybridized carbons (Fsp3) is 0.333. The number of benzene rings is 2. The minimum absolute atomic E-state index is 0.000826. The molecule has 2 aliphatic rings. The van der Waals surface area contributed by atoms with Crippen LogP contribution in [0.5, 0.6) is 0 Å². The first-order chi connectivity index (χ1) is 14.2. The molecule has 0 spiro atoms. The number of anilines is 1. The molecule has 0 bridgehead atoms. The molecule has 5 nitrogen and oxygen atoms in total. The Morgan fingerprint density at radius 3 is 2.62 bits per heavy atom. The fourth-order valence-corrected chi connectivity index (χ4v) is 4.47. The van der Waals surface area contributed by atoms with Crippen molar-refractivity contribution in [3.05, 3.63) is 71.4 Å². The molecule has 5 heteroatoms. The molecular formula is C24H26N4O. The SMILES string of the molecule is CCN1CCN(Cc2ccc3nc(C4C(=O)Nc5ccccc54)ccc3c2)CC1. The summed E-state index contributed by atoms with van der Waals surface area (Å²) in [5, 5.41) is 4.10. The topological polar surface area (TPSA) is 48.5 Å². The summed E-state index contributed by atoms with van der Waals surface area (Å²) in [6, 6.07) is 18.5.